The Kier molecular flexibility index (Phi) is 3.91. The number of aromatic nitrogens is 2. The van der Waals surface area contributed by atoms with Crippen LogP contribution in [0.3, 0.4) is 0 Å². The average Bonchev–Trinajstić information content (AvgIpc) is 3.33. The fourth-order valence-electron chi connectivity index (χ4n) is 2.82. The summed E-state index contributed by atoms with van der Waals surface area (Å²) in [6.45, 7) is 0.586. The highest BCUT2D eigenvalue weighted by molar-refractivity contribution is 5.92. The number of carbonyl (C=O) groups excluding carboxylic acids is 1. The van der Waals surface area contributed by atoms with Crippen LogP contribution in [0.2, 0.25) is 0 Å². The molecule has 4 rings (SSSR count). The fraction of sp³-hybridized carbons (Fsp3) is 0.263. The van der Waals surface area contributed by atoms with Gasteiger partial charge >= 0.3 is 0 Å². The summed E-state index contributed by atoms with van der Waals surface area (Å²) in [6.07, 6.45) is 5.16. The topological polar surface area (TPSA) is 69.8 Å². The summed E-state index contributed by atoms with van der Waals surface area (Å²) in [5.74, 6) is 0.649. The molecule has 1 aromatic carbocycles. The minimum atomic E-state index is -0.130. The highest BCUT2D eigenvalue weighted by Gasteiger charge is 2.21. The van der Waals surface area contributed by atoms with E-state index in [0.29, 0.717) is 18.3 Å². The molecule has 3 aromatic rings. The van der Waals surface area contributed by atoms with Gasteiger partial charge in [0.1, 0.15) is 11.5 Å². The number of para-hydroxylation sites is 1. The predicted octanol–water partition coefficient (Wildman–Crippen LogP) is 3.11. The van der Waals surface area contributed by atoms with Crippen molar-refractivity contribution in [2.75, 3.05) is 11.9 Å². The van der Waals surface area contributed by atoms with Crippen molar-refractivity contribution in [3.8, 4) is 0 Å². The maximum absolute atomic E-state index is 12.3. The van der Waals surface area contributed by atoms with Gasteiger partial charge in [-0.3, -0.25) is 4.79 Å². The maximum atomic E-state index is 12.3. The lowest BCUT2D eigenvalue weighted by Gasteiger charge is -2.07. The molecule has 2 aromatic heterocycles. The van der Waals surface area contributed by atoms with Gasteiger partial charge < -0.3 is 15.6 Å². The Bertz CT molecular complexity index is 866. The molecule has 0 spiro atoms. The van der Waals surface area contributed by atoms with E-state index in [2.05, 4.69) is 32.7 Å². The van der Waals surface area contributed by atoms with Crippen molar-refractivity contribution >= 4 is 22.6 Å². The molecule has 24 heavy (non-hydrogen) atoms. The first-order valence-corrected chi connectivity index (χ1v) is 8.36. The molecule has 5 nitrogen and oxygen atoms in total. The third-order valence-electron chi connectivity index (χ3n) is 4.27. The summed E-state index contributed by atoms with van der Waals surface area (Å²) in [4.78, 5) is 19.9. The molecule has 1 amide bonds. The van der Waals surface area contributed by atoms with E-state index >= 15 is 0 Å². The van der Waals surface area contributed by atoms with Crippen LogP contribution in [-0.4, -0.2) is 28.5 Å². The second kappa shape index (κ2) is 6.35. The van der Waals surface area contributed by atoms with Gasteiger partial charge in [-0.15, -0.1) is 0 Å². The molecule has 1 saturated carbocycles. The molecule has 0 saturated heterocycles. The molecular weight excluding hydrogens is 300 g/mol. The van der Waals surface area contributed by atoms with Gasteiger partial charge in [-0.05, 0) is 43.0 Å². The number of pyridine rings is 1. The van der Waals surface area contributed by atoms with Crippen molar-refractivity contribution in [2.24, 2.45) is 0 Å². The minimum absolute atomic E-state index is 0.130. The molecular formula is C19H20N4O. The highest BCUT2D eigenvalue weighted by Crippen LogP contribution is 2.23. The molecule has 0 bridgehead atoms. The number of amides is 1. The standard InChI is InChI=1S/C19H20N4O/c24-19(17-6-3-7-18(23-17)22-14-8-9-14)20-11-10-13-12-21-16-5-2-1-4-15(13)16/h1-7,12,14,21H,8-11H2,(H,20,24)(H,22,23). The number of nitrogens with zero attached hydrogens (tertiary/aromatic N) is 1. The fourth-order valence-corrected chi connectivity index (χ4v) is 2.82. The van der Waals surface area contributed by atoms with Crippen molar-refractivity contribution in [3.05, 3.63) is 59.9 Å². The number of fused-ring (bicyclic) bond motifs is 1. The SMILES string of the molecule is O=C(NCCc1c[nH]c2ccccc12)c1cccc(NC2CC2)n1. The molecule has 122 valence electrons. The number of benzene rings is 1. The van der Waals surface area contributed by atoms with Crippen molar-refractivity contribution < 1.29 is 4.79 Å². The normalized spacial score (nSPS) is 13.8. The molecule has 0 unspecified atom stereocenters. The number of nitrogens with one attached hydrogen (secondary N) is 3. The lowest BCUT2D eigenvalue weighted by Crippen LogP contribution is -2.26. The number of aromatic amines is 1. The number of rotatable bonds is 6. The number of hydrogen-bond acceptors (Lipinski definition) is 3. The van der Waals surface area contributed by atoms with Gasteiger partial charge in [0.25, 0.3) is 5.91 Å². The average molecular weight is 320 g/mol. The Morgan fingerprint density at radius 2 is 2.04 bits per heavy atom. The first kappa shape index (κ1) is 14.8. The zero-order valence-corrected chi connectivity index (χ0v) is 13.4. The molecule has 5 heteroatoms. The van der Waals surface area contributed by atoms with Gasteiger partial charge in [0.2, 0.25) is 0 Å². The monoisotopic (exact) mass is 320 g/mol. The summed E-state index contributed by atoms with van der Waals surface area (Å²) in [5.41, 5.74) is 2.79. The minimum Gasteiger partial charge on any atom is -0.367 e. The molecule has 0 radical (unpaired) electrons. The molecule has 1 fully saturated rings. The summed E-state index contributed by atoms with van der Waals surface area (Å²) >= 11 is 0. The van der Waals surface area contributed by atoms with Crippen molar-refractivity contribution in [1.29, 1.82) is 0 Å². The van der Waals surface area contributed by atoms with E-state index in [1.165, 1.54) is 23.8 Å². The van der Waals surface area contributed by atoms with E-state index < -0.39 is 0 Å². The van der Waals surface area contributed by atoms with Crippen molar-refractivity contribution in [2.45, 2.75) is 25.3 Å². The van der Waals surface area contributed by atoms with E-state index in [0.717, 1.165) is 17.8 Å². The lowest BCUT2D eigenvalue weighted by atomic mass is 10.1. The molecule has 3 N–H and O–H groups in total. The Balaban J connectivity index is 1.36. The van der Waals surface area contributed by atoms with Crippen LogP contribution in [0.5, 0.6) is 0 Å². The van der Waals surface area contributed by atoms with E-state index in [-0.39, 0.29) is 5.91 Å². The molecule has 2 heterocycles. The number of anilines is 1. The second-order valence-corrected chi connectivity index (χ2v) is 6.19. The van der Waals surface area contributed by atoms with Crippen molar-refractivity contribution in [3.63, 3.8) is 0 Å². The molecule has 1 aliphatic carbocycles. The maximum Gasteiger partial charge on any atom is 0.269 e. The van der Waals surface area contributed by atoms with Gasteiger partial charge in [0.05, 0.1) is 0 Å². The van der Waals surface area contributed by atoms with Crippen LogP contribution in [0.4, 0.5) is 5.82 Å². The van der Waals surface area contributed by atoms with Crippen LogP contribution in [0.1, 0.15) is 28.9 Å². The Hall–Kier alpha value is -2.82. The molecule has 1 aliphatic rings. The van der Waals surface area contributed by atoms with Gasteiger partial charge in [-0.25, -0.2) is 4.98 Å². The smallest absolute Gasteiger partial charge is 0.269 e. The summed E-state index contributed by atoms with van der Waals surface area (Å²) in [6, 6.07) is 14.2. The van der Waals surface area contributed by atoms with Gasteiger partial charge in [-0.1, -0.05) is 24.3 Å². The number of hydrogen-bond donors (Lipinski definition) is 3. The molecule has 0 atom stereocenters. The summed E-state index contributed by atoms with van der Waals surface area (Å²) < 4.78 is 0. The van der Waals surface area contributed by atoms with E-state index in [9.17, 15) is 4.79 Å². The zero-order valence-electron chi connectivity index (χ0n) is 13.4. The van der Waals surface area contributed by atoms with E-state index in [1.807, 2.05) is 30.5 Å². The Morgan fingerprint density at radius 3 is 2.92 bits per heavy atom. The van der Waals surface area contributed by atoms with E-state index in [4.69, 9.17) is 0 Å². The number of carbonyl (C=O) groups is 1. The highest BCUT2D eigenvalue weighted by atomic mass is 16.1. The van der Waals surface area contributed by atoms with Crippen LogP contribution in [0, 0.1) is 0 Å². The third kappa shape index (κ3) is 3.25. The quantitative estimate of drug-likeness (QED) is 0.653. The Morgan fingerprint density at radius 1 is 1.17 bits per heavy atom. The van der Waals surface area contributed by atoms with Gasteiger partial charge in [0.15, 0.2) is 0 Å². The van der Waals surface area contributed by atoms with Crippen LogP contribution >= 0.6 is 0 Å². The first-order chi connectivity index (χ1) is 11.8. The third-order valence-corrected chi connectivity index (χ3v) is 4.27. The zero-order chi connectivity index (χ0) is 16.4. The van der Waals surface area contributed by atoms with Crippen LogP contribution in [-0.2, 0) is 6.42 Å². The van der Waals surface area contributed by atoms with Crippen LogP contribution in [0.15, 0.2) is 48.7 Å². The van der Waals surface area contributed by atoms with Crippen LogP contribution < -0.4 is 10.6 Å². The first-order valence-electron chi connectivity index (χ1n) is 8.36. The second-order valence-electron chi connectivity index (χ2n) is 6.19. The predicted molar refractivity (Wildman–Crippen MR) is 95.2 cm³/mol. The largest absolute Gasteiger partial charge is 0.367 e. The summed E-state index contributed by atoms with van der Waals surface area (Å²) in [7, 11) is 0. The van der Waals surface area contributed by atoms with Crippen molar-refractivity contribution in [1.82, 2.24) is 15.3 Å². The lowest BCUT2D eigenvalue weighted by molar-refractivity contribution is 0.0949. The molecule has 0 aliphatic heterocycles. The Labute approximate surface area is 140 Å². The number of H-pyrrole nitrogens is 1. The van der Waals surface area contributed by atoms with Gasteiger partial charge in [0, 0.05) is 29.7 Å². The summed E-state index contributed by atoms with van der Waals surface area (Å²) in [5, 5.41) is 7.48. The van der Waals surface area contributed by atoms with Gasteiger partial charge in [-0.2, -0.15) is 0 Å². The van der Waals surface area contributed by atoms with Crippen LogP contribution in [0.25, 0.3) is 10.9 Å². The van der Waals surface area contributed by atoms with E-state index in [1.54, 1.807) is 6.07 Å².